The largest absolute Gasteiger partial charge is 0.571 e. The summed E-state index contributed by atoms with van der Waals surface area (Å²) in [7, 11) is 0. The van der Waals surface area contributed by atoms with Crippen molar-refractivity contribution in [1.29, 1.82) is 0 Å². The quantitative estimate of drug-likeness (QED) is 0.677. The number of halogens is 1. The van der Waals surface area contributed by atoms with Crippen molar-refractivity contribution < 1.29 is 9.31 Å². The van der Waals surface area contributed by atoms with E-state index in [0.29, 0.717) is 13.2 Å². The van der Waals surface area contributed by atoms with Crippen LogP contribution in [0.5, 0.6) is 0 Å². The van der Waals surface area contributed by atoms with Gasteiger partial charge in [0, 0.05) is 13.2 Å². The summed E-state index contributed by atoms with van der Waals surface area (Å²) in [5, 5.41) is 0. The van der Waals surface area contributed by atoms with E-state index in [1.165, 1.54) is 0 Å². The van der Waals surface area contributed by atoms with Gasteiger partial charge in [0.2, 0.25) is 0 Å². The molecule has 0 aliphatic carbocycles. The van der Waals surface area contributed by atoms with E-state index in [1.54, 1.807) is 0 Å². The Labute approximate surface area is 93.4 Å². The first kappa shape index (κ1) is 14.3. The molecule has 0 aliphatic rings. The van der Waals surface area contributed by atoms with Gasteiger partial charge < -0.3 is 9.31 Å². The van der Waals surface area contributed by atoms with Crippen LogP contribution < -0.4 is 0 Å². The second kappa shape index (κ2) is 5.38. The standard InChI is InChI=1S/C10H22BClO2/c1-9(2,3)7-13-11(12)14-8-10(4,5)6/h7-8H2,1-6H3. The second-order valence-corrected chi connectivity index (χ2v) is 6.37. The Kier molecular flexibility index (Phi) is 5.49. The minimum atomic E-state index is -0.631. The summed E-state index contributed by atoms with van der Waals surface area (Å²) < 4.78 is 10.7. The zero-order valence-corrected chi connectivity index (χ0v) is 10.9. The van der Waals surface area contributed by atoms with E-state index in [9.17, 15) is 0 Å². The lowest BCUT2D eigenvalue weighted by atomic mass is 9.97. The summed E-state index contributed by atoms with van der Waals surface area (Å²) in [6, 6.07) is 0. The molecule has 4 heteroatoms. The van der Waals surface area contributed by atoms with Gasteiger partial charge in [-0.3, -0.25) is 0 Å². The predicted molar refractivity (Wildman–Crippen MR) is 62.4 cm³/mol. The van der Waals surface area contributed by atoms with Crippen molar-refractivity contribution in [2.75, 3.05) is 13.2 Å². The normalized spacial score (nSPS) is 13.1. The molecule has 0 spiro atoms. The van der Waals surface area contributed by atoms with E-state index in [1.807, 2.05) is 0 Å². The zero-order chi connectivity index (χ0) is 11.4. The summed E-state index contributed by atoms with van der Waals surface area (Å²) in [5.41, 5.74) is 0.246. The van der Waals surface area contributed by atoms with E-state index in [2.05, 4.69) is 41.5 Å². The van der Waals surface area contributed by atoms with Gasteiger partial charge in [-0.05, 0) is 10.8 Å². The van der Waals surface area contributed by atoms with Crippen LogP contribution in [0.4, 0.5) is 0 Å². The molecule has 0 heterocycles. The van der Waals surface area contributed by atoms with Crippen molar-refractivity contribution in [1.82, 2.24) is 0 Å². The highest BCUT2D eigenvalue weighted by atomic mass is 35.5. The molecule has 0 aliphatic heterocycles. The molecule has 0 amide bonds. The first-order valence-electron chi connectivity index (χ1n) is 4.97. The van der Waals surface area contributed by atoms with E-state index in [0.717, 1.165) is 0 Å². The monoisotopic (exact) mass is 220 g/mol. The Bertz CT molecular complexity index is 142. The van der Waals surface area contributed by atoms with E-state index in [4.69, 9.17) is 20.8 Å². The molecule has 0 atom stereocenters. The number of rotatable bonds is 4. The van der Waals surface area contributed by atoms with Crippen LogP contribution in [0.3, 0.4) is 0 Å². The summed E-state index contributed by atoms with van der Waals surface area (Å²) >= 11 is 5.85. The molecule has 0 rings (SSSR count). The topological polar surface area (TPSA) is 18.5 Å². The van der Waals surface area contributed by atoms with Crippen molar-refractivity contribution in [3.8, 4) is 0 Å². The lowest BCUT2D eigenvalue weighted by molar-refractivity contribution is 0.123. The maximum absolute atomic E-state index is 5.85. The Balaban J connectivity index is 3.62. The third kappa shape index (κ3) is 10.4. The lowest BCUT2D eigenvalue weighted by Crippen LogP contribution is -2.27. The van der Waals surface area contributed by atoms with Crippen LogP contribution in [-0.4, -0.2) is 19.7 Å². The minimum absolute atomic E-state index is 0.123. The maximum atomic E-state index is 5.85. The van der Waals surface area contributed by atoms with Crippen LogP contribution in [0.1, 0.15) is 41.5 Å². The van der Waals surface area contributed by atoms with Crippen LogP contribution in [0, 0.1) is 10.8 Å². The van der Waals surface area contributed by atoms with Crippen molar-refractivity contribution in [2.45, 2.75) is 41.5 Å². The number of hydrogen-bond donors (Lipinski definition) is 0. The van der Waals surface area contributed by atoms with Gasteiger partial charge in [0.25, 0.3) is 0 Å². The molecule has 0 bridgehead atoms. The van der Waals surface area contributed by atoms with E-state index < -0.39 is 6.53 Å². The van der Waals surface area contributed by atoms with E-state index in [-0.39, 0.29) is 10.8 Å². The molecule has 0 radical (unpaired) electrons. The smallest absolute Gasteiger partial charge is 0.397 e. The van der Waals surface area contributed by atoms with Gasteiger partial charge in [0.15, 0.2) is 0 Å². The molecule has 0 aromatic carbocycles. The average Bonchev–Trinajstić information content (AvgIpc) is 1.94. The Hall–Kier alpha value is 0.275. The number of hydrogen-bond acceptors (Lipinski definition) is 2. The van der Waals surface area contributed by atoms with Crippen molar-refractivity contribution >= 4 is 18.0 Å². The van der Waals surface area contributed by atoms with Gasteiger partial charge >= 0.3 is 6.53 Å². The summed E-state index contributed by atoms with van der Waals surface area (Å²) in [6.45, 7) is 13.2. The first-order valence-corrected chi connectivity index (χ1v) is 5.41. The van der Waals surface area contributed by atoms with Crippen LogP contribution in [0.25, 0.3) is 0 Å². The molecule has 14 heavy (non-hydrogen) atoms. The molecule has 0 N–H and O–H groups in total. The molecular weight excluding hydrogens is 198 g/mol. The van der Waals surface area contributed by atoms with Crippen molar-refractivity contribution in [3.05, 3.63) is 0 Å². The van der Waals surface area contributed by atoms with Gasteiger partial charge in [-0.15, -0.1) is 11.5 Å². The lowest BCUT2D eigenvalue weighted by Gasteiger charge is -2.22. The molecule has 0 fully saturated rings. The van der Waals surface area contributed by atoms with Crippen LogP contribution in [-0.2, 0) is 9.31 Å². The van der Waals surface area contributed by atoms with Gasteiger partial charge in [-0.25, -0.2) is 0 Å². The van der Waals surface area contributed by atoms with Gasteiger partial charge in [-0.2, -0.15) is 0 Å². The van der Waals surface area contributed by atoms with Crippen molar-refractivity contribution in [3.63, 3.8) is 0 Å². The molecule has 0 unspecified atom stereocenters. The van der Waals surface area contributed by atoms with Crippen LogP contribution in [0.15, 0.2) is 0 Å². The Morgan fingerprint density at radius 3 is 1.36 bits per heavy atom. The Morgan fingerprint density at radius 2 is 1.14 bits per heavy atom. The molecule has 0 saturated heterocycles. The van der Waals surface area contributed by atoms with Crippen LogP contribution in [0.2, 0.25) is 0 Å². The third-order valence-corrected chi connectivity index (χ3v) is 1.55. The molecule has 84 valence electrons. The highest BCUT2D eigenvalue weighted by molar-refractivity contribution is 6.99. The van der Waals surface area contributed by atoms with Crippen LogP contribution >= 0.6 is 11.5 Å². The summed E-state index contributed by atoms with van der Waals surface area (Å²) in [5.74, 6) is 0. The SMILES string of the molecule is CC(C)(C)COB(Cl)OCC(C)(C)C. The second-order valence-electron chi connectivity index (χ2n) is 6.02. The zero-order valence-electron chi connectivity index (χ0n) is 10.2. The van der Waals surface area contributed by atoms with Gasteiger partial charge in [-0.1, -0.05) is 41.5 Å². The van der Waals surface area contributed by atoms with Crippen molar-refractivity contribution in [2.24, 2.45) is 10.8 Å². The summed E-state index contributed by atoms with van der Waals surface area (Å²) in [6.07, 6.45) is 0. The highest BCUT2D eigenvalue weighted by Crippen LogP contribution is 2.17. The minimum Gasteiger partial charge on any atom is -0.397 e. The molecule has 0 aromatic rings. The third-order valence-electron chi connectivity index (χ3n) is 1.29. The average molecular weight is 221 g/mol. The highest BCUT2D eigenvalue weighted by Gasteiger charge is 2.22. The predicted octanol–water partition coefficient (Wildman–Crippen LogP) is 3.34. The fourth-order valence-corrected chi connectivity index (χ4v) is 0.805. The van der Waals surface area contributed by atoms with E-state index >= 15 is 0 Å². The first-order chi connectivity index (χ1) is 6.10. The molecule has 0 saturated carbocycles. The maximum Gasteiger partial charge on any atom is 0.571 e. The Morgan fingerprint density at radius 1 is 0.857 bits per heavy atom. The van der Waals surface area contributed by atoms with Gasteiger partial charge in [0.05, 0.1) is 0 Å². The molecular formula is C10H22BClO2. The molecule has 2 nitrogen and oxygen atoms in total. The molecule has 0 aromatic heterocycles. The fourth-order valence-electron chi connectivity index (χ4n) is 0.679. The van der Waals surface area contributed by atoms with Gasteiger partial charge in [0.1, 0.15) is 0 Å². The fraction of sp³-hybridized carbons (Fsp3) is 1.00. The summed E-state index contributed by atoms with van der Waals surface area (Å²) in [4.78, 5) is 0.